The number of piperidine rings is 1. The standard InChI is InChI=1S/C31H48N6O7/c1-4-44-30(42)22-13-16-37(17-14-22)27(40)12-11-26(39)36-28(20(2)3)25(38)18-23(6-5-15-34-31(33)43)29(41)35-24-9-7-21(19-32)8-10-24/h7-10,20,22-23,28H,4-6,11-19,32H2,1-3H3,(H,35,41)(H,36,39)(H3,33,34,43)/t23-,28+/m1/s1. The number of primary amides is 1. The summed E-state index contributed by atoms with van der Waals surface area (Å²) >= 11 is 0. The third-order valence-electron chi connectivity index (χ3n) is 7.67. The summed E-state index contributed by atoms with van der Waals surface area (Å²) in [7, 11) is 0. The van der Waals surface area contributed by atoms with Crippen LogP contribution in [0, 0.1) is 17.8 Å². The maximum absolute atomic E-state index is 13.4. The first kappa shape index (κ1) is 36.2. The van der Waals surface area contributed by atoms with Crippen LogP contribution in [-0.2, 0) is 35.3 Å². The number of benzene rings is 1. The van der Waals surface area contributed by atoms with Crippen LogP contribution in [0.5, 0.6) is 0 Å². The predicted molar refractivity (Wildman–Crippen MR) is 165 cm³/mol. The van der Waals surface area contributed by atoms with E-state index in [2.05, 4.69) is 16.0 Å². The molecule has 0 saturated carbocycles. The number of rotatable bonds is 17. The number of urea groups is 1. The summed E-state index contributed by atoms with van der Waals surface area (Å²) in [5, 5.41) is 8.08. The summed E-state index contributed by atoms with van der Waals surface area (Å²) in [4.78, 5) is 76.8. The molecule has 1 saturated heterocycles. The molecule has 1 fully saturated rings. The van der Waals surface area contributed by atoms with E-state index in [1.54, 1.807) is 49.9 Å². The predicted octanol–water partition coefficient (Wildman–Crippen LogP) is 1.83. The molecule has 1 heterocycles. The highest BCUT2D eigenvalue weighted by Gasteiger charge is 2.31. The number of amides is 5. The summed E-state index contributed by atoms with van der Waals surface area (Å²) in [6.07, 6.45) is 1.53. The fourth-order valence-electron chi connectivity index (χ4n) is 5.09. The second-order valence-electron chi connectivity index (χ2n) is 11.4. The number of hydrogen-bond donors (Lipinski definition) is 5. The number of Topliss-reactive ketones (excluding diaryl/α,β-unsaturated/α-hetero) is 1. The number of esters is 1. The SMILES string of the molecule is CCOC(=O)C1CCN(C(=O)CCC(=O)N[C@H](C(=O)C[C@@H](CCCNC(N)=O)C(=O)Nc2ccc(CN)cc2)C(C)C)CC1. The highest BCUT2D eigenvalue weighted by atomic mass is 16.5. The Morgan fingerprint density at radius 3 is 2.25 bits per heavy atom. The van der Waals surface area contributed by atoms with Crippen LogP contribution >= 0.6 is 0 Å². The van der Waals surface area contributed by atoms with Gasteiger partial charge in [-0.25, -0.2) is 4.79 Å². The molecule has 1 aliphatic heterocycles. The van der Waals surface area contributed by atoms with Gasteiger partial charge in [0.2, 0.25) is 17.7 Å². The molecule has 44 heavy (non-hydrogen) atoms. The monoisotopic (exact) mass is 616 g/mol. The van der Waals surface area contributed by atoms with Crippen LogP contribution in [0.3, 0.4) is 0 Å². The van der Waals surface area contributed by atoms with E-state index in [4.69, 9.17) is 16.2 Å². The maximum atomic E-state index is 13.4. The van der Waals surface area contributed by atoms with Crippen molar-refractivity contribution in [3.63, 3.8) is 0 Å². The quantitative estimate of drug-likeness (QED) is 0.129. The van der Waals surface area contributed by atoms with Gasteiger partial charge in [0.15, 0.2) is 5.78 Å². The Morgan fingerprint density at radius 2 is 1.68 bits per heavy atom. The normalized spacial score (nSPS) is 14.8. The highest BCUT2D eigenvalue weighted by molar-refractivity contribution is 5.97. The van der Waals surface area contributed by atoms with Crippen molar-refractivity contribution in [2.45, 2.75) is 78.3 Å². The minimum absolute atomic E-state index is 0.0181. The first-order valence-corrected chi connectivity index (χ1v) is 15.3. The molecule has 0 radical (unpaired) electrons. The van der Waals surface area contributed by atoms with Gasteiger partial charge in [-0.05, 0) is 56.2 Å². The van der Waals surface area contributed by atoms with Crippen LogP contribution in [-0.4, -0.2) is 72.7 Å². The van der Waals surface area contributed by atoms with Crippen LogP contribution in [0.1, 0.15) is 71.3 Å². The Hall–Kier alpha value is -4.00. The number of carbonyl (C=O) groups excluding carboxylic acids is 6. The number of hydrogen-bond acceptors (Lipinski definition) is 8. The van der Waals surface area contributed by atoms with E-state index < -0.39 is 23.9 Å². The van der Waals surface area contributed by atoms with Gasteiger partial charge in [0.25, 0.3) is 0 Å². The molecule has 2 rings (SSSR count). The van der Waals surface area contributed by atoms with Crippen molar-refractivity contribution in [2.75, 3.05) is 31.6 Å². The first-order valence-electron chi connectivity index (χ1n) is 15.3. The molecular formula is C31H48N6O7. The fraction of sp³-hybridized carbons (Fsp3) is 0.613. The van der Waals surface area contributed by atoms with Crippen molar-refractivity contribution >= 4 is 41.2 Å². The topological polar surface area (TPSA) is 203 Å². The molecule has 1 aliphatic rings. The largest absolute Gasteiger partial charge is 0.466 e. The average molecular weight is 617 g/mol. The molecule has 5 amide bonds. The number of likely N-dealkylation sites (tertiary alicyclic amines) is 1. The lowest BCUT2D eigenvalue weighted by molar-refractivity contribution is -0.151. The molecule has 0 bridgehead atoms. The number of nitrogens with two attached hydrogens (primary N) is 2. The van der Waals surface area contributed by atoms with Crippen LogP contribution < -0.4 is 27.4 Å². The number of ether oxygens (including phenoxy) is 1. The second kappa shape index (κ2) is 18.6. The van der Waals surface area contributed by atoms with E-state index in [1.807, 2.05) is 0 Å². The van der Waals surface area contributed by atoms with Crippen molar-refractivity contribution in [1.29, 1.82) is 0 Å². The number of ketones is 1. The number of carbonyl (C=O) groups is 6. The summed E-state index contributed by atoms with van der Waals surface area (Å²) in [6, 6.07) is 5.54. The molecule has 0 spiro atoms. The lowest BCUT2D eigenvalue weighted by Gasteiger charge is -2.31. The number of nitrogens with one attached hydrogen (secondary N) is 3. The zero-order valence-corrected chi connectivity index (χ0v) is 26.1. The molecule has 13 heteroatoms. The minimum Gasteiger partial charge on any atom is -0.466 e. The summed E-state index contributed by atoms with van der Waals surface area (Å²) in [5.74, 6) is -2.72. The van der Waals surface area contributed by atoms with Gasteiger partial charge in [-0.15, -0.1) is 0 Å². The van der Waals surface area contributed by atoms with Crippen LogP contribution in [0.4, 0.5) is 10.5 Å². The van der Waals surface area contributed by atoms with Crippen LogP contribution in [0.15, 0.2) is 24.3 Å². The molecular weight excluding hydrogens is 568 g/mol. The fourth-order valence-corrected chi connectivity index (χ4v) is 5.09. The molecule has 1 aromatic rings. The van der Waals surface area contributed by atoms with E-state index in [0.717, 1.165) is 5.56 Å². The highest BCUT2D eigenvalue weighted by Crippen LogP contribution is 2.21. The van der Waals surface area contributed by atoms with E-state index in [9.17, 15) is 28.8 Å². The van der Waals surface area contributed by atoms with Crippen molar-refractivity contribution < 1.29 is 33.5 Å². The van der Waals surface area contributed by atoms with E-state index in [-0.39, 0.29) is 61.2 Å². The average Bonchev–Trinajstić information content (AvgIpc) is 3.00. The van der Waals surface area contributed by atoms with E-state index >= 15 is 0 Å². The van der Waals surface area contributed by atoms with Gasteiger partial charge in [-0.3, -0.25) is 24.0 Å². The maximum Gasteiger partial charge on any atom is 0.312 e. The summed E-state index contributed by atoms with van der Waals surface area (Å²) < 4.78 is 5.07. The summed E-state index contributed by atoms with van der Waals surface area (Å²) in [6.45, 7) is 7.13. The minimum atomic E-state index is -0.846. The molecule has 0 aliphatic carbocycles. The third-order valence-corrected chi connectivity index (χ3v) is 7.67. The Balaban J connectivity index is 1.95. The van der Waals surface area contributed by atoms with Gasteiger partial charge in [-0.2, -0.15) is 0 Å². The Bertz CT molecular complexity index is 1130. The lowest BCUT2D eigenvalue weighted by atomic mass is 9.89. The van der Waals surface area contributed by atoms with Gasteiger partial charge in [0.1, 0.15) is 0 Å². The van der Waals surface area contributed by atoms with Crippen molar-refractivity contribution in [3.05, 3.63) is 29.8 Å². The molecule has 13 nitrogen and oxygen atoms in total. The van der Waals surface area contributed by atoms with Gasteiger partial charge < -0.3 is 37.1 Å². The molecule has 0 aromatic heterocycles. The van der Waals surface area contributed by atoms with Gasteiger partial charge >= 0.3 is 12.0 Å². The smallest absolute Gasteiger partial charge is 0.312 e. The third kappa shape index (κ3) is 12.3. The lowest BCUT2D eigenvalue weighted by Crippen LogP contribution is -2.46. The van der Waals surface area contributed by atoms with Gasteiger partial charge in [0, 0.05) is 57.0 Å². The second-order valence-corrected chi connectivity index (χ2v) is 11.4. The molecule has 244 valence electrons. The van der Waals surface area contributed by atoms with Crippen molar-refractivity contribution in [1.82, 2.24) is 15.5 Å². The Kier molecular flexibility index (Phi) is 15.3. The van der Waals surface area contributed by atoms with Gasteiger partial charge in [-0.1, -0.05) is 26.0 Å². The van der Waals surface area contributed by atoms with E-state index in [1.165, 1.54) is 0 Å². The molecule has 0 unspecified atom stereocenters. The first-order chi connectivity index (χ1) is 20.9. The number of anilines is 1. The Morgan fingerprint density at radius 1 is 1.02 bits per heavy atom. The van der Waals surface area contributed by atoms with Crippen molar-refractivity contribution in [3.8, 4) is 0 Å². The zero-order chi connectivity index (χ0) is 32.6. The Labute approximate surface area is 259 Å². The van der Waals surface area contributed by atoms with Crippen molar-refractivity contribution in [2.24, 2.45) is 29.2 Å². The van der Waals surface area contributed by atoms with Gasteiger partial charge in [0.05, 0.1) is 18.6 Å². The molecule has 2 atom stereocenters. The summed E-state index contributed by atoms with van der Waals surface area (Å²) in [5.41, 5.74) is 12.2. The van der Waals surface area contributed by atoms with E-state index in [0.29, 0.717) is 57.6 Å². The van der Waals surface area contributed by atoms with Crippen LogP contribution in [0.25, 0.3) is 0 Å². The number of nitrogens with zero attached hydrogens (tertiary/aromatic N) is 1. The van der Waals surface area contributed by atoms with Crippen LogP contribution in [0.2, 0.25) is 0 Å². The molecule has 1 aromatic carbocycles. The molecule has 7 N–H and O–H groups in total. The zero-order valence-electron chi connectivity index (χ0n) is 26.1.